The summed E-state index contributed by atoms with van der Waals surface area (Å²) in [5.74, 6) is 0.0395. The molecule has 1 saturated heterocycles. The molecule has 6 heteroatoms. The molecule has 21 heavy (non-hydrogen) atoms. The van der Waals surface area contributed by atoms with Crippen LogP contribution in [0.3, 0.4) is 0 Å². The number of methoxy groups -OCH3 is 1. The lowest BCUT2D eigenvalue weighted by molar-refractivity contribution is -0.139. The highest BCUT2D eigenvalue weighted by atomic mass is 16.5. The number of piperazine rings is 1. The van der Waals surface area contributed by atoms with Crippen molar-refractivity contribution in [3.8, 4) is 5.75 Å². The molecule has 1 aliphatic heterocycles. The quantitative estimate of drug-likeness (QED) is 0.708. The zero-order valence-electron chi connectivity index (χ0n) is 12.2. The zero-order valence-corrected chi connectivity index (χ0v) is 12.2. The van der Waals surface area contributed by atoms with Gasteiger partial charge < -0.3 is 20.5 Å². The lowest BCUT2D eigenvalue weighted by Crippen LogP contribution is -2.54. The van der Waals surface area contributed by atoms with E-state index in [0.29, 0.717) is 24.4 Å². The molecule has 1 heterocycles. The van der Waals surface area contributed by atoms with E-state index in [4.69, 9.17) is 4.74 Å². The molecule has 1 amide bonds. The molecule has 2 atom stereocenters. The monoisotopic (exact) mass is 292 g/mol. The van der Waals surface area contributed by atoms with Gasteiger partial charge >= 0.3 is 0 Å². The predicted octanol–water partition coefficient (Wildman–Crippen LogP) is -0.0501. The van der Waals surface area contributed by atoms with E-state index < -0.39 is 17.4 Å². The maximum absolute atomic E-state index is 12.3. The summed E-state index contributed by atoms with van der Waals surface area (Å²) < 4.78 is 5.05. The van der Waals surface area contributed by atoms with Crippen LogP contribution in [0.25, 0.3) is 0 Å². The number of hydrogen-bond donors (Lipinski definition) is 3. The van der Waals surface area contributed by atoms with Crippen LogP contribution in [-0.4, -0.2) is 43.0 Å². The highest BCUT2D eigenvalue weighted by molar-refractivity contribution is 5.94. The number of ketones is 1. The number of nitrogens with one attached hydrogen (secondary N) is 2. The molecule has 1 fully saturated rings. The number of Topliss-reactive ketones (excluding diaryl/α,β-unsaturated/α-hetero) is 1. The SMILES string of the molecule is COc1ccc([C@@](C)(O)C(=O)C[C@@H]2NCCNC2=O)cc1. The van der Waals surface area contributed by atoms with Crippen molar-refractivity contribution in [2.24, 2.45) is 0 Å². The Kier molecular flexibility index (Phi) is 4.59. The standard InChI is InChI=1S/C15H20N2O4/c1-15(20,10-3-5-11(21-2)6-4-10)13(18)9-12-14(19)17-8-7-16-12/h3-6,12,16,20H,7-9H2,1-2H3,(H,17,19)/t12-,15+/m0/s1. The van der Waals surface area contributed by atoms with Crippen molar-refractivity contribution in [2.45, 2.75) is 25.0 Å². The lowest BCUT2D eigenvalue weighted by Gasteiger charge is -2.27. The number of rotatable bonds is 5. The van der Waals surface area contributed by atoms with Crippen molar-refractivity contribution < 1.29 is 19.4 Å². The van der Waals surface area contributed by atoms with Gasteiger partial charge in [0.25, 0.3) is 0 Å². The summed E-state index contributed by atoms with van der Waals surface area (Å²) in [4.78, 5) is 24.0. The maximum Gasteiger partial charge on any atom is 0.237 e. The first kappa shape index (κ1) is 15.5. The van der Waals surface area contributed by atoms with Gasteiger partial charge in [0.05, 0.1) is 13.2 Å². The summed E-state index contributed by atoms with van der Waals surface area (Å²) in [7, 11) is 1.55. The molecular weight excluding hydrogens is 272 g/mol. The van der Waals surface area contributed by atoms with E-state index in [-0.39, 0.29) is 12.3 Å². The number of aliphatic hydroxyl groups is 1. The van der Waals surface area contributed by atoms with Crippen molar-refractivity contribution in [3.05, 3.63) is 29.8 Å². The molecule has 1 aliphatic rings. The second kappa shape index (κ2) is 6.24. The van der Waals surface area contributed by atoms with Crippen molar-refractivity contribution in [1.82, 2.24) is 10.6 Å². The highest BCUT2D eigenvalue weighted by Gasteiger charge is 2.35. The summed E-state index contributed by atoms with van der Waals surface area (Å²) in [6.07, 6.45) is -0.0507. The van der Waals surface area contributed by atoms with Crippen molar-refractivity contribution in [2.75, 3.05) is 20.2 Å². The van der Waals surface area contributed by atoms with E-state index in [0.717, 1.165) is 0 Å². The summed E-state index contributed by atoms with van der Waals surface area (Å²) >= 11 is 0. The summed E-state index contributed by atoms with van der Waals surface area (Å²) in [6.45, 7) is 2.62. The number of ether oxygens (including phenoxy) is 1. The van der Waals surface area contributed by atoms with Gasteiger partial charge in [0.2, 0.25) is 5.91 Å². The Bertz CT molecular complexity index is 525. The fourth-order valence-corrected chi connectivity index (χ4v) is 2.27. The van der Waals surface area contributed by atoms with Crippen LogP contribution in [0, 0.1) is 0 Å². The number of carbonyl (C=O) groups is 2. The normalized spacial score (nSPS) is 21.3. The fraction of sp³-hybridized carbons (Fsp3) is 0.467. The predicted molar refractivity (Wildman–Crippen MR) is 77.0 cm³/mol. The number of benzene rings is 1. The summed E-state index contributed by atoms with van der Waals surface area (Å²) in [5.41, 5.74) is -1.16. The van der Waals surface area contributed by atoms with Crippen molar-refractivity contribution in [1.29, 1.82) is 0 Å². The molecule has 6 nitrogen and oxygen atoms in total. The highest BCUT2D eigenvalue weighted by Crippen LogP contribution is 2.25. The fourth-order valence-electron chi connectivity index (χ4n) is 2.27. The number of carbonyl (C=O) groups excluding carboxylic acids is 2. The molecule has 0 aliphatic carbocycles. The Balaban J connectivity index is 2.09. The van der Waals surface area contributed by atoms with E-state index in [1.807, 2.05) is 0 Å². The van der Waals surface area contributed by atoms with Gasteiger partial charge in [0, 0.05) is 19.5 Å². The van der Waals surface area contributed by atoms with Gasteiger partial charge in [0.1, 0.15) is 11.4 Å². The minimum Gasteiger partial charge on any atom is -0.497 e. The van der Waals surface area contributed by atoms with E-state index >= 15 is 0 Å². The molecule has 2 rings (SSSR count). The average Bonchev–Trinajstić information content (AvgIpc) is 2.49. The maximum atomic E-state index is 12.3. The third-order valence-electron chi connectivity index (χ3n) is 3.72. The molecule has 0 radical (unpaired) electrons. The van der Waals surface area contributed by atoms with E-state index in [1.54, 1.807) is 31.4 Å². The molecular formula is C15H20N2O4. The summed E-state index contributed by atoms with van der Waals surface area (Å²) in [6, 6.07) is 6.07. The molecule has 0 saturated carbocycles. The Labute approximate surface area is 123 Å². The number of amides is 1. The van der Waals surface area contributed by atoms with E-state index in [1.165, 1.54) is 6.92 Å². The molecule has 114 valence electrons. The minimum absolute atomic E-state index is 0.0507. The first-order chi connectivity index (χ1) is 9.95. The number of hydrogen-bond acceptors (Lipinski definition) is 5. The minimum atomic E-state index is -1.63. The van der Waals surface area contributed by atoms with Gasteiger partial charge in [0.15, 0.2) is 5.78 Å². The van der Waals surface area contributed by atoms with E-state index in [9.17, 15) is 14.7 Å². The molecule has 0 spiro atoms. The third-order valence-corrected chi connectivity index (χ3v) is 3.72. The first-order valence-corrected chi connectivity index (χ1v) is 6.86. The van der Waals surface area contributed by atoms with Crippen LogP contribution in [0.2, 0.25) is 0 Å². The first-order valence-electron chi connectivity index (χ1n) is 6.86. The van der Waals surface area contributed by atoms with Gasteiger partial charge in [-0.25, -0.2) is 0 Å². The summed E-state index contributed by atoms with van der Waals surface area (Å²) in [5, 5.41) is 16.2. The van der Waals surface area contributed by atoms with Gasteiger partial charge in [-0.05, 0) is 24.6 Å². The van der Waals surface area contributed by atoms with Crippen LogP contribution in [-0.2, 0) is 15.2 Å². The molecule has 3 N–H and O–H groups in total. The molecule has 0 aromatic heterocycles. The van der Waals surface area contributed by atoms with Gasteiger partial charge in [-0.3, -0.25) is 9.59 Å². The largest absolute Gasteiger partial charge is 0.497 e. The molecule has 1 aromatic carbocycles. The van der Waals surface area contributed by atoms with E-state index in [2.05, 4.69) is 10.6 Å². The molecule has 1 aromatic rings. The Hall–Kier alpha value is -1.92. The lowest BCUT2D eigenvalue weighted by atomic mass is 9.87. The van der Waals surface area contributed by atoms with Crippen LogP contribution < -0.4 is 15.4 Å². The average molecular weight is 292 g/mol. The second-order valence-electron chi connectivity index (χ2n) is 5.23. The van der Waals surface area contributed by atoms with Crippen LogP contribution in [0.15, 0.2) is 24.3 Å². The molecule has 0 unspecified atom stereocenters. The van der Waals surface area contributed by atoms with Crippen molar-refractivity contribution in [3.63, 3.8) is 0 Å². The van der Waals surface area contributed by atoms with Crippen molar-refractivity contribution >= 4 is 11.7 Å². The van der Waals surface area contributed by atoms with Gasteiger partial charge in [-0.2, -0.15) is 0 Å². The smallest absolute Gasteiger partial charge is 0.237 e. The van der Waals surface area contributed by atoms with Crippen LogP contribution >= 0.6 is 0 Å². The van der Waals surface area contributed by atoms with Crippen LogP contribution in [0.4, 0.5) is 0 Å². The Morgan fingerprint density at radius 2 is 2.05 bits per heavy atom. The molecule has 0 bridgehead atoms. The van der Waals surface area contributed by atoms with Gasteiger partial charge in [-0.15, -0.1) is 0 Å². The topological polar surface area (TPSA) is 87.7 Å². The van der Waals surface area contributed by atoms with Crippen LogP contribution in [0.5, 0.6) is 5.75 Å². The second-order valence-corrected chi connectivity index (χ2v) is 5.23. The Morgan fingerprint density at radius 3 is 2.62 bits per heavy atom. The van der Waals surface area contributed by atoms with Crippen LogP contribution in [0.1, 0.15) is 18.9 Å². The zero-order chi connectivity index (χ0) is 15.5. The third kappa shape index (κ3) is 3.40. The van der Waals surface area contributed by atoms with Gasteiger partial charge in [-0.1, -0.05) is 12.1 Å². The Morgan fingerprint density at radius 1 is 1.38 bits per heavy atom.